The Bertz CT molecular complexity index is 1330. The van der Waals surface area contributed by atoms with Crippen LogP contribution >= 0.6 is 0 Å². The summed E-state index contributed by atoms with van der Waals surface area (Å²) in [5.74, 6) is 0.222. The summed E-state index contributed by atoms with van der Waals surface area (Å²) in [6.07, 6.45) is 3.20. The number of nitrogens with two attached hydrogens (primary N) is 1. The second-order valence-corrected chi connectivity index (χ2v) is 10.3. The molecule has 186 valence electrons. The van der Waals surface area contributed by atoms with Crippen LogP contribution in [0.4, 0.5) is 27.5 Å². The molecule has 35 heavy (non-hydrogen) atoms. The fraction of sp³-hybridized carbons (Fsp3) is 0.333. The third-order valence-corrected chi connectivity index (χ3v) is 6.97. The molecule has 3 aromatic rings. The predicted molar refractivity (Wildman–Crippen MR) is 133 cm³/mol. The quantitative estimate of drug-likeness (QED) is 0.447. The van der Waals surface area contributed by atoms with E-state index in [1.165, 1.54) is 6.07 Å². The number of halogens is 1. The maximum Gasteiger partial charge on any atom is 0.238 e. The first-order chi connectivity index (χ1) is 16.6. The van der Waals surface area contributed by atoms with Crippen LogP contribution in [0.25, 0.3) is 0 Å². The average molecular weight is 501 g/mol. The first kappa shape index (κ1) is 24.8. The summed E-state index contributed by atoms with van der Waals surface area (Å²) in [5.41, 5.74) is 2.47. The molecule has 1 fully saturated rings. The minimum atomic E-state index is -3.89. The van der Waals surface area contributed by atoms with Gasteiger partial charge in [-0.15, -0.1) is 0 Å². The summed E-state index contributed by atoms with van der Waals surface area (Å²) in [6, 6.07) is 10.3. The lowest BCUT2D eigenvalue weighted by molar-refractivity contribution is 0.114. The lowest BCUT2D eigenvalue weighted by Crippen LogP contribution is -2.35. The van der Waals surface area contributed by atoms with Crippen molar-refractivity contribution in [3.8, 4) is 5.75 Å². The van der Waals surface area contributed by atoms with Crippen molar-refractivity contribution in [2.24, 2.45) is 5.14 Å². The number of benzene rings is 2. The van der Waals surface area contributed by atoms with E-state index in [0.29, 0.717) is 16.9 Å². The van der Waals surface area contributed by atoms with Gasteiger partial charge in [0, 0.05) is 24.5 Å². The summed E-state index contributed by atoms with van der Waals surface area (Å²) in [5, 5.41) is 11.2. The van der Waals surface area contributed by atoms with Crippen molar-refractivity contribution in [1.29, 1.82) is 0 Å². The van der Waals surface area contributed by atoms with E-state index in [0.717, 1.165) is 43.4 Å². The molecule has 11 heteroatoms. The number of aryl methyl sites for hydroxylation is 2. The number of ether oxygens (including phenoxy) is 1. The summed E-state index contributed by atoms with van der Waals surface area (Å²) in [4.78, 5) is 10.4. The van der Waals surface area contributed by atoms with Gasteiger partial charge in [0.15, 0.2) is 11.6 Å². The van der Waals surface area contributed by atoms with Crippen LogP contribution in [-0.2, 0) is 10.0 Å². The number of sulfonamides is 1. The summed E-state index contributed by atoms with van der Waals surface area (Å²) < 4.78 is 44.2. The van der Waals surface area contributed by atoms with E-state index < -0.39 is 15.8 Å². The zero-order valence-corrected chi connectivity index (χ0v) is 20.7. The Morgan fingerprint density at radius 2 is 1.83 bits per heavy atom. The van der Waals surface area contributed by atoms with Crippen molar-refractivity contribution in [3.63, 3.8) is 0 Å². The molecule has 0 spiro atoms. The number of primary sulfonamides is 1. The Kier molecular flexibility index (Phi) is 7.20. The van der Waals surface area contributed by atoms with Crippen LogP contribution in [0.3, 0.4) is 0 Å². The molecular weight excluding hydrogens is 471 g/mol. The Morgan fingerprint density at radius 1 is 1.09 bits per heavy atom. The van der Waals surface area contributed by atoms with E-state index in [9.17, 15) is 12.8 Å². The molecule has 0 unspecified atom stereocenters. The first-order valence-electron chi connectivity index (χ1n) is 11.2. The topological polar surface area (TPSA) is 122 Å². The van der Waals surface area contributed by atoms with Crippen LogP contribution in [0.1, 0.15) is 24.0 Å². The molecule has 1 aliphatic rings. The van der Waals surface area contributed by atoms with Crippen molar-refractivity contribution in [1.82, 2.24) is 14.9 Å². The van der Waals surface area contributed by atoms with Crippen molar-refractivity contribution in [2.75, 3.05) is 30.8 Å². The van der Waals surface area contributed by atoms with Gasteiger partial charge in [0.2, 0.25) is 16.0 Å². The number of hydrogen-bond acceptors (Lipinski definition) is 8. The van der Waals surface area contributed by atoms with E-state index in [1.807, 2.05) is 25.1 Å². The van der Waals surface area contributed by atoms with Gasteiger partial charge in [-0.25, -0.2) is 22.9 Å². The average Bonchev–Trinajstić information content (AvgIpc) is 2.80. The molecule has 0 bridgehead atoms. The number of likely N-dealkylation sites (tertiary alicyclic amines) is 1. The van der Waals surface area contributed by atoms with Gasteiger partial charge < -0.3 is 20.3 Å². The summed E-state index contributed by atoms with van der Waals surface area (Å²) >= 11 is 0. The van der Waals surface area contributed by atoms with Gasteiger partial charge in [-0.1, -0.05) is 6.07 Å². The second kappa shape index (κ2) is 10.1. The third kappa shape index (κ3) is 6.24. The molecule has 0 aliphatic carbocycles. The van der Waals surface area contributed by atoms with Crippen LogP contribution in [-0.4, -0.2) is 49.5 Å². The molecule has 2 aromatic carbocycles. The highest BCUT2D eigenvalue weighted by atomic mass is 32.2. The first-order valence-corrected chi connectivity index (χ1v) is 12.8. The summed E-state index contributed by atoms with van der Waals surface area (Å²) in [7, 11) is -1.78. The minimum Gasteiger partial charge on any atom is -0.490 e. The largest absolute Gasteiger partial charge is 0.490 e. The normalized spacial score (nSPS) is 15.1. The van der Waals surface area contributed by atoms with E-state index in [1.54, 1.807) is 19.1 Å². The highest BCUT2D eigenvalue weighted by molar-refractivity contribution is 7.89. The number of anilines is 4. The lowest BCUT2D eigenvalue weighted by atomic mass is 10.1. The zero-order chi connectivity index (χ0) is 25.2. The molecule has 9 nitrogen and oxygen atoms in total. The van der Waals surface area contributed by atoms with Gasteiger partial charge >= 0.3 is 0 Å². The second-order valence-electron chi connectivity index (χ2n) is 8.76. The molecular formula is C24H29FN6O3S. The molecule has 0 saturated carbocycles. The zero-order valence-electron chi connectivity index (χ0n) is 19.9. The molecule has 4 N–H and O–H groups in total. The molecule has 4 rings (SSSR count). The molecule has 2 heterocycles. The van der Waals surface area contributed by atoms with Crippen molar-refractivity contribution >= 4 is 33.2 Å². The fourth-order valence-electron chi connectivity index (χ4n) is 3.90. The number of hydrogen-bond donors (Lipinski definition) is 3. The fourth-order valence-corrected chi connectivity index (χ4v) is 4.71. The Labute approximate surface area is 204 Å². The van der Waals surface area contributed by atoms with E-state index >= 15 is 0 Å². The van der Waals surface area contributed by atoms with E-state index in [2.05, 4.69) is 32.5 Å². The van der Waals surface area contributed by atoms with Crippen LogP contribution in [0.5, 0.6) is 5.75 Å². The molecule has 1 aromatic heterocycles. The maximum absolute atomic E-state index is 14.5. The highest BCUT2D eigenvalue weighted by Gasteiger charge is 2.18. The van der Waals surface area contributed by atoms with Gasteiger partial charge in [-0.05, 0) is 75.2 Å². The van der Waals surface area contributed by atoms with Crippen molar-refractivity contribution in [3.05, 3.63) is 59.5 Å². The van der Waals surface area contributed by atoms with E-state index in [-0.39, 0.29) is 22.8 Å². The molecule has 0 amide bonds. The third-order valence-electron chi connectivity index (χ3n) is 5.91. The standard InChI is InChI=1S/C24H29FN6O3S/c1-15-4-5-17(13-22(15)35(26,32)33)28-24-27-14-20(25)23(30-24)29-21-7-6-19(12-16(21)2)34-18-8-10-31(3)11-9-18/h4-7,12-14,18H,8-11H2,1-3H3,(H2,26,32,33)(H2,27,28,29,30). The van der Waals surface area contributed by atoms with Gasteiger partial charge in [-0.3, -0.25) is 0 Å². The summed E-state index contributed by atoms with van der Waals surface area (Å²) in [6.45, 7) is 5.58. The monoisotopic (exact) mass is 500 g/mol. The molecule has 0 radical (unpaired) electrons. The molecule has 0 atom stereocenters. The number of rotatable bonds is 7. The number of piperidine rings is 1. The SMILES string of the molecule is Cc1cc(OC2CCN(C)CC2)ccc1Nc1nc(Nc2ccc(C)c(S(N)(=O)=O)c2)ncc1F. The van der Waals surface area contributed by atoms with Crippen LogP contribution in [0.15, 0.2) is 47.5 Å². The smallest absolute Gasteiger partial charge is 0.238 e. The molecule has 1 saturated heterocycles. The Hall–Kier alpha value is -3.28. The van der Waals surface area contributed by atoms with Gasteiger partial charge in [0.1, 0.15) is 11.9 Å². The maximum atomic E-state index is 14.5. The molecule has 1 aliphatic heterocycles. The predicted octanol–water partition coefficient (Wildman–Crippen LogP) is 3.84. The number of nitrogens with zero attached hydrogens (tertiary/aromatic N) is 3. The van der Waals surface area contributed by atoms with Crippen LogP contribution in [0.2, 0.25) is 0 Å². The lowest BCUT2D eigenvalue weighted by Gasteiger charge is -2.29. The Balaban J connectivity index is 1.49. The van der Waals surface area contributed by atoms with E-state index in [4.69, 9.17) is 9.88 Å². The number of aromatic nitrogens is 2. The van der Waals surface area contributed by atoms with Gasteiger partial charge in [-0.2, -0.15) is 4.98 Å². The van der Waals surface area contributed by atoms with Crippen molar-refractivity contribution < 1.29 is 17.5 Å². The van der Waals surface area contributed by atoms with Gasteiger partial charge in [0.05, 0.1) is 11.1 Å². The van der Waals surface area contributed by atoms with Crippen LogP contribution in [0, 0.1) is 19.7 Å². The van der Waals surface area contributed by atoms with Gasteiger partial charge in [0.25, 0.3) is 0 Å². The highest BCUT2D eigenvalue weighted by Crippen LogP contribution is 2.28. The minimum absolute atomic E-state index is 0.0128. The van der Waals surface area contributed by atoms with Crippen LogP contribution < -0.4 is 20.5 Å². The Morgan fingerprint density at radius 3 is 2.51 bits per heavy atom. The number of nitrogens with one attached hydrogen (secondary N) is 2. The van der Waals surface area contributed by atoms with Crippen molar-refractivity contribution in [2.45, 2.75) is 37.7 Å².